The van der Waals surface area contributed by atoms with Gasteiger partial charge in [0.25, 0.3) is 11.8 Å². The van der Waals surface area contributed by atoms with Crippen molar-refractivity contribution in [3.05, 3.63) is 226 Å². The van der Waals surface area contributed by atoms with Gasteiger partial charge in [0.15, 0.2) is 0 Å². The number of carbonyl (C=O) groups excluding carboxylic acids is 3. The molecule has 109 heavy (non-hydrogen) atoms. The van der Waals surface area contributed by atoms with Gasteiger partial charge in [-0.05, 0) is 219 Å². The zero-order valence-corrected chi connectivity index (χ0v) is 70.6. The van der Waals surface area contributed by atoms with Crippen LogP contribution in [0.15, 0.2) is 157 Å². The average Bonchev–Trinajstić information content (AvgIpc) is 1.56. The number of aromatic nitrogens is 8. The van der Waals surface area contributed by atoms with E-state index < -0.39 is 57.7 Å². The van der Waals surface area contributed by atoms with Crippen LogP contribution in [0.4, 0.5) is 0 Å². The second kappa shape index (κ2) is 31.4. The van der Waals surface area contributed by atoms with Gasteiger partial charge in [0, 0.05) is 192 Å². The van der Waals surface area contributed by atoms with Crippen molar-refractivity contribution in [3.8, 4) is 0 Å². The molecule has 8 aliphatic rings. The van der Waals surface area contributed by atoms with Crippen molar-refractivity contribution in [3.63, 3.8) is 0 Å². The molecule has 0 spiro atoms. The van der Waals surface area contributed by atoms with Crippen molar-refractivity contribution in [2.45, 2.75) is 189 Å². The number of sulfonamides is 2. The van der Waals surface area contributed by atoms with Crippen molar-refractivity contribution < 1.29 is 39.6 Å². The Morgan fingerprint density at radius 2 is 0.835 bits per heavy atom. The normalized spacial score (nSPS) is 22.2. The molecule has 29 heteroatoms. The quantitative estimate of drug-likeness (QED) is 0.136. The molecule has 0 saturated carbocycles. The van der Waals surface area contributed by atoms with E-state index in [0.717, 1.165) is 85.7 Å². The molecule has 0 bridgehead atoms. The summed E-state index contributed by atoms with van der Waals surface area (Å²) in [5, 5.41) is 0. The average molecular weight is 1560 g/mol. The molecule has 584 valence electrons. The topological polar surface area (TPSA) is 283 Å². The van der Waals surface area contributed by atoms with E-state index in [1.807, 2.05) is 154 Å². The standard InChI is InChI=1S/2C11H14N2O.C10H14N2O2S.C10H14N2OS.C10H12N2O.C10H14N2.C9H12N2O2S.C9H12N2OS/c1-11(2)7-13(3)10(14)8-6-12-5-4-9(8)11;1-11(2)9-4-5-12-6-8(9)7-13(3)10(11)14;1-10(2)9-4-5-11-6-8(9)7-12(3)15(10,13)14;1-10(2)9-4-5-11-6-8(9)7-12(3)14(10)13;1-10(2)8-4-5-11-6-7(8)9(13)12(10)3;1-10(2)9-4-5-11-6-8(9)7-12(10)3;1-9(2)7-4-5-10-6-8(7)14(12,13)11(9)3;1-9(2)7-4-5-10-6-8(7)13(12)11(9)3/h2*4-6H,7H2,1-3H3;4-6H,7H2,1-3H3;4-6H,7H2,1-3H3;4-6H,1-3H3;4-6H,7H2,1-3H3;4-6H,1-3H3;4-6H,1-3H3. The lowest BCUT2D eigenvalue weighted by atomic mass is 9.78. The molecular formula is C80H106N16O9S4. The summed E-state index contributed by atoms with van der Waals surface area (Å²) >= 11 is 0. The molecule has 0 N–H and O–H groups in total. The highest BCUT2D eigenvalue weighted by Crippen LogP contribution is 2.45. The van der Waals surface area contributed by atoms with Crippen LogP contribution in [0.3, 0.4) is 0 Å². The number of hydrogen-bond acceptors (Lipinski definition) is 18. The van der Waals surface area contributed by atoms with Gasteiger partial charge < -0.3 is 14.7 Å². The fraction of sp³-hybridized carbons (Fsp3) is 0.463. The van der Waals surface area contributed by atoms with E-state index >= 15 is 0 Å². The van der Waals surface area contributed by atoms with E-state index in [-0.39, 0.29) is 44.5 Å². The first-order chi connectivity index (χ1) is 50.6. The van der Waals surface area contributed by atoms with Crippen molar-refractivity contribution in [1.82, 2.24) is 76.7 Å². The smallest absolute Gasteiger partial charge is 0.256 e. The predicted molar refractivity (Wildman–Crippen MR) is 424 cm³/mol. The molecule has 0 aromatic carbocycles. The summed E-state index contributed by atoms with van der Waals surface area (Å²) < 4.78 is 77.1. The Labute approximate surface area is 649 Å². The zero-order valence-electron chi connectivity index (χ0n) is 67.4. The lowest BCUT2D eigenvalue weighted by Crippen LogP contribution is -2.45. The van der Waals surface area contributed by atoms with Crippen LogP contribution >= 0.6 is 0 Å². The molecular weight excluding hydrogens is 1460 g/mol. The number of fused-ring (bicyclic) bond motifs is 8. The maximum atomic E-state index is 12.1. The summed E-state index contributed by atoms with van der Waals surface area (Å²) in [7, 11) is 6.03. The van der Waals surface area contributed by atoms with Crippen LogP contribution in [-0.2, 0) is 115 Å². The van der Waals surface area contributed by atoms with Gasteiger partial charge in [0.1, 0.15) is 31.6 Å². The number of amides is 3. The number of hydrogen-bond donors (Lipinski definition) is 0. The Kier molecular flexibility index (Phi) is 24.4. The fourth-order valence-electron chi connectivity index (χ4n) is 14.9. The first-order valence-corrected chi connectivity index (χ1v) is 40.9. The van der Waals surface area contributed by atoms with Gasteiger partial charge in [-0.25, -0.2) is 33.9 Å². The molecule has 2 atom stereocenters. The molecule has 0 saturated heterocycles. The van der Waals surface area contributed by atoms with Crippen LogP contribution in [0.1, 0.15) is 198 Å². The maximum Gasteiger partial charge on any atom is 0.256 e. The molecule has 0 aliphatic carbocycles. The van der Waals surface area contributed by atoms with Crippen molar-refractivity contribution in [2.75, 3.05) is 62.9 Å². The Morgan fingerprint density at radius 3 is 1.36 bits per heavy atom. The highest BCUT2D eigenvalue weighted by molar-refractivity contribution is 7.90. The van der Waals surface area contributed by atoms with Crippen LogP contribution < -0.4 is 0 Å². The van der Waals surface area contributed by atoms with Crippen molar-refractivity contribution in [1.29, 1.82) is 0 Å². The molecule has 8 aromatic heterocycles. The van der Waals surface area contributed by atoms with Gasteiger partial charge in [-0.1, -0.05) is 13.8 Å². The lowest BCUT2D eigenvalue weighted by molar-refractivity contribution is -0.136. The Morgan fingerprint density at radius 1 is 0.404 bits per heavy atom. The minimum Gasteiger partial charge on any atom is -0.341 e. The summed E-state index contributed by atoms with van der Waals surface area (Å²) in [6, 6.07) is 15.4. The van der Waals surface area contributed by atoms with Gasteiger partial charge in [0.2, 0.25) is 26.0 Å². The zero-order chi connectivity index (χ0) is 80.9. The van der Waals surface area contributed by atoms with Crippen LogP contribution in [0.5, 0.6) is 0 Å². The molecule has 16 heterocycles. The van der Waals surface area contributed by atoms with Gasteiger partial charge >= 0.3 is 0 Å². The minimum absolute atomic E-state index is 0.0287. The van der Waals surface area contributed by atoms with Crippen LogP contribution in [0, 0.1) is 0 Å². The third kappa shape index (κ3) is 16.0. The van der Waals surface area contributed by atoms with Gasteiger partial charge in [-0.2, -0.15) is 8.61 Å². The molecule has 16 rings (SSSR count). The summed E-state index contributed by atoms with van der Waals surface area (Å²) in [4.78, 5) is 76.3. The first-order valence-electron chi connectivity index (χ1n) is 35.8. The van der Waals surface area contributed by atoms with Gasteiger partial charge in [-0.3, -0.25) is 59.2 Å². The first kappa shape index (κ1) is 84.6. The van der Waals surface area contributed by atoms with Gasteiger partial charge in [-0.15, -0.1) is 0 Å². The highest BCUT2D eigenvalue weighted by Gasteiger charge is 2.48. The summed E-state index contributed by atoms with van der Waals surface area (Å²) in [6.45, 7) is 35.8. The van der Waals surface area contributed by atoms with Crippen molar-refractivity contribution in [2.24, 2.45) is 0 Å². The van der Waals surface area contributed by atoms with Crippen LogP contribution in [0.25, 0.3) is 0 Å². The number of likely N-dealkylation sites (N-methyl/N-ethyl adjacent to an activating group) is 2. The van der Waals surface area contributed by atoms with Crippen LogP contribution in [0.2, 0.25) is 0 Å². The Bertz CT molecular complexity index is 4900. The molecule has 3 amide bonds. The summed E-state index contributed by atoms with van der Waals surface area (Å²) in [5.41, 5.74) is 13.8. The van der Waals surface area contributed by atoms with E-state index in [4.69, 9.17) is 0 Å². The third-order valence-electron chi connectivity index (χ3n) is 22.6. The minimum atomic E-state index is -3.32. The summed E-state index contributed by atoms with van der Waals surface area (Å²) in [6.07, 6.45) is 27.7. The maximum absolute atomic E-state index is 12.1. The van der Waals surface area contributed by atoms with E-state index in [1.165, 1.54) is 31.5 Å². The third-order valence-corrected chi connectivity index (χ3v) is 30.6. The molecule has 0 fully saturated rings. The van der Waals surface area contributed by atoms with Crippen LogP contribution in [-0.4, -0.2) is 183 Å². The van der Waals surface area contributed by atoms with Crippen molar-refractivity contribution >= 4 is 59.7 Å². The molecule has 0 radical (unpaired) electrons. The predicted octanol–water partition coefficient (Wildman–Crippen LogP) is 10.7. The summed E-state index contributed by atoms with van der Waals surface area (Å²) in [5.74, 6) is 0.316. The second-order valence-electron chi connectivity index (χ2n) is 32.5. The molecule has 8 aromatic rings. The fourth-order valence-corrected chi connectivity index (χ4v) is 21.1. The largest absolute Gasteiger partial charge is 0.341 e. The second-order valence-corrected chi connectivity index (χ2v) is 40.7. The van der Waals surface area contributed by atoms with E-state index in [1.54, 1.807) is 123 Å². The Hall–Kier alpha value is -8.39. The number of carbonyl (C=O) groups is 3. The lowest BCUT2D eigenvalue weighted by Gasteiger charge is -2.37. The van der Waals surface area contributed by atoms with E-state index in [9.17, 15) is 39.6 Å². The number of nitrogens with zero attached hydrogens (tertiary/aromatic N) is 16. The number of rotatable bonds is 0. The Balaban J connectivity index is 0.000000144. The molecule has 8 aliphatic heterocycles. The van der Waals surface area contributed by atoms with E-state index in [0.29, 0.717) is 18.0 Å². The monoisotopic (exact) mass is 1560 g/mol. The van der Waals surface area contributed by atoms with E-state index in [2.05, 4.69) is 99.4 Å². The molecule has 25 nitrogen and oxygen atoms in total. The molecule has 2 unspecified atom stereocenters. The number of pyridine rings is 8. The van der Waals surface area contributed by atoms with Gasteiger partial charge in [0.05, 0.1) is 42.8 Å². The highest BCUT2D eigenvalue weighted by atomic mass is 32.2. The SMILES string of the molecule is CN1C(=O)c2cnccc2C1(C)C.CN1C(C)(C)c2ccncc2S1(=O)=O.CN1CC(C)(C)c2ccncc2C1=O.CN1Cc2cnccc2C(C)(C)C1=O.CN1Cc2cnccc2C(C)(C)S1(=O)=O.CN1Cc2cnccc2C(C)(C)S1=O.CN1Cc2cnccc2C1(C)C.CN1S(=O)c2cnccc2C1(C)C.